The van der Waals surface area contributed by atoms with Gasteiger partial charge in [-0.3, -0.25) is 9.78 Å². The van der Waals surface area contributed by atoms with Crippen LogP contribution in [-0.2, 0) is 0 Å². The fourth-order valence-electron chi connectivity index (χ4n) is 2.75. The Bertz CT molecular complexity index is 1070. The Hall–Kier alpha value is -3.81. The number of carbonyl (C=O) groups excluding carboxylic acids is 2. The van der Waals surface area contributed by atoms with Gasteiger partial charge in [0.2, 0.25) is 0 Å². The molecule has 0 bridgehead atoms. The van der Waals surface area contributed by atoms with Crippen LogP contribution in [0.1, 0.15) is 15.9 Å². The molecule has 8 heteroatoms. The normalized spacial score (nSPS) is 10.4. The molecule has 0 radical (unpaired) electrons. The van der Waals surface area contributed by atoms with Gasteiger partial charge in [-0.1, -0.05) is 0 Å². The minimum Gasteiger partial charge on any atom is -0.496 e. The van der Waals surface area contributed by atoms with Crippen molar-refractivity contribution in [3.63, 3.8) is 0 Å². The zero-order valence-electron chi connectivity index (χ0n) is 15.7. The van der Waals surface area contributed by atoms with Crippen LogP contribution < -0.4 is 25.8 Å². The standard InChI is InChI=1S/C20H20N4O4/c1-11-8-12(4-5-15(11)24-20(26)22-2)28-17-6-7-23-16-10-18(27-3)14(19(21)25)9-13(16)17/h4-10H,1-3H3,(H2,21,25)(H2,22,24,26). The van der Waals surface area contributed by atoms with E-state index >= 15 is 0 Å². The largest absolute Gasteiger partial charge is 0.496 e. The number of nitrogens with two attached hydrogens (primary N) is 1. The van der Waals surface area contributed by atoms with Crippen molar-refractivity contribution in [3.8, 4) is 17.2 Å². The summed E-state index contributed by atoms with van der Waals surface area (Å²) < 4.78 is 11.2. The summed E-state index contributed by atoms with van der Waals surface area (Å²) in [5, 5.41) is 5.86. The lowest BCUT2D eigenvalue weighted by Gasteiger charge is -2.13. The van der Waals surface area contributed by atoms with Crippen LogP contribution in [-0.4, -0.2) is 31.1 Å². The fourth-order valence-corrected chi connectivity index (χ4v) is 2.75. The van der Waals surface area contributed by atoms with E-state index in [1.165, 1.54) is 7.11 Å². The Labute approximate surface area is 161 Å². The van der Waals surface area contributed by atoms with Gasteiger partial charge in [-0.15, -0.1) is 0 Å². The Morgan fingerprint density at radius 1 is 1.11 bits per heavy atom. The van der Waals surface area contributed by atoms with E-state index in [1.54, 1.807) is 49.6 Å². The lowest BCUT2D eigenvalue weighted by Crippen LogP contribution is -2.24. The summed E-state index contributed by atoms with van der Waals surface area (Å²) in [6.45, 7) is 1.86. The summed E-state index contributed by atoms with van der Waals surface area (Å²) in [5.41, 5.74) is 7.81. The van der Waals surface area contributed by atoms with Gasteiger partial charge >= 0.3 is 6.03 Å². The molecule has 0 aliphatic heterocycles. The molecule has 0 aliphatic rings. The molecule has 0 saturated carbocycles. The maximum absolute atomic E-state index is 11.7. The number of methoxy groups -OCH3 is 1. The smallest absolute Gasteiger partial charge is 0.318 e. The minimum absolute atomic E-state index is 0.245. The van der Waals surface area contributed by atoms with Gasteiger partial charge in [0.15, 0.2) is 0 Å². The van der Waals surface area contributed by atoms with E-state index in [1.807, 2.05) is 6.92 Å². The van der Waals surface area contributed by atoms with E-state index in [0.29, 0.717) is 33.8 Å². The topological polar surface area (TPSA) is 116 Å². The Morgan fingerprint density at radius 3 is 2.54 bits per heavy atom. The van der Waals surface area contributed by atoms with Crippen molar-refractivity contribution in [1.29, 1.82) is 0 Å². The van der Waals surface area contributed by atoms with Crippen LogP contribution in [0.3, 0.4) is 0 Å². The molecule has 28 heavy (non-hydrogen) atoms. The first-order valence-electron chi connectivity index (χ1n) is 8.46. The molecule has 0 unspecified atom stereocenters. The van der Waals surface area contributed by atoms with E-state index in [0.717, 1.165) is 5.56 Å². The van der Waals surface area contributed by atoms with Crippen LogP contribution in [0.2, 0.25) is 0 Å². The molecule has 0 spiro atoms. The van der Waals surface area contributed by atoms with Crippen LogP contribution in [0, 0.1) is 6.92 Å². The number of primary amides is 1. The van der Waals surface area contributed by atoms with E-state index in [-0.39, 0.29) is 11.6 Å². The summed E-state index contributed by atoms with van der Waals surface area (Å²) in [6, 6.07) is 9.94. The lowest BCUT2D eigenvalue weighted by atomic mass is 10.1. The number of nitrogens with one attached hydrogen (secondary N) is 2. The number of ether oxygens (including phenoxy) is 2. The van der Waals surface area contributed by atoms with Gasteiger partial charge in [-0.05, 0) is 42.8 Å². The summed E-state index contributed by atoms with van der Waals surface area (Å²) >= 11 is 0. The van der Waals surface area contributed by atoms with Crippen molar-refractivity contribution in [1.82, 2.24) is 10.3 Å². The molecule has 3 rings (SSSR count). The molecule has 4 N–H and O–H groups in total. The van der Waals surface area contributed by atoms with E-state index in [9.17, 15) is 9.59 Å². The first-order valence-corrected chi connectivity index (χ1v) is 8.46. The highest BCUT2D eigenvalue weighted by atomic mass is 16.5. The monoisotopic (exact) mass is 380 g/mol. The fraction of sp³-hybridized carbons (Fsp3) is 0.150. The zero-order valence-corrected chi connectivity index (χ0v) is 15.7. The predicted octanol–water partition coefficient (Wildman–Crippen LogP) is 3.19. The van der Waals surface area contributed by atoms with Gasteiger partial charge in [0, 0.05) is 30.4 Å². The van der Waals surface area contributed by atoms with E-state index in [4.69, 9.17) is 15.2 Å². The van der Waals surface area contributed by atoms with Crippen molar-refractivity contribution in [3.05, 3.63) is 53.7 Å². The van der Waals surface area contributed by atoms with Crippen molar-refractivity contribution in [2.45, 2.75) is 6.92 Å². The molecular formula is C20H20N4O4. The SMILES string of the molecule is CNC(=O)Nc1ccc(Oc2ccnc3cc(OC)c(C(N)=O)cc23)cc1C. The second kappa shape index (κ2) is 7.83. The molecular weight excluding hydrogens is 360 g/mol. The first kappa shape index (κ1) is 19.0. The number of pyridine rings is 1. The number of carbonyl (C=O) groups is 2. The van der Waals surface area contributed by atoms with E-state index < -0.39 is 5.91 Å². The quantitative estimate of drug-likeness (QED) is 0.629. The number of aryl methyl sites for hydroxylation is 1. The maximum Gasteiger partial charge on any atom is 0.318 e. The Kier molecular flexibility index (Phi) is 5.30. The Morgan fingerprint density at radius 2 is 1.89 bits per heavy atom. The second-order valence-electron chi connectivity index (χ2n) is 6.03. The third-order valence-corrected chi connectivity index (χ3v) is 4.19. The molecule has 0 fully saturated rings. The summed E-state index contributed by atoms with van der Waals surface area (Å²) in [4.78, 5) is 27.5. The van der Waals surface area contributed by atoms with Crippen LogP contribution in [0.15, 0.2) is 42.6 Å². The highest BCUT2D eigenvalue weighted by molar-refractivity contribution is 6.01. The van der Waals surface area contributed by atoms with Gasteiger partial charge < -0.3 is 25.8 Å². The van der Waals surface area contributed by atoms with Gasteiger partial charge in [0.25, 0.3) is 5.91 Å². The highest BCUT2D eigenvalue weighted by Gasteiger charge is 2.14. The molecule has 144 valence electrons. The van der Waals surface area contributed by atoms with Crippen LogP contribution in [0.4, 0.5) is 10.5 Å². The van der Waals surface area contributed by atoms with Gasteiger partial charge in [0.1, 0.15) is 17.2 Å². The predicted molar refractivity (Wildman–Crippen MR) is 106 cm³/mol. The number of hydrogen-bond acceptors (Lipinski definition) is 5. The average Bonchev–Trinajstić information content (AvgIpc) is 2.69. The van der Waals surface area contributed by atoms with Crippen LogP contribution in [0.5, 0.6) is 17.2 Å². The average molecular weight is 380 g/mol. The molecule has 1 aromatic heterocycles. The number of amides is 3. The number of aromatic nitrogens is 1. The number of nitrogens with zero attached hydrogens (tertiary/aromatic N) is 1. The van der Waals surface area contributed by atoms with E-state index in [2.05, 4.69) is 15.6 Å². The van der Waals surface area contributed by atoms with Gasteiger partial charge in [0.05, 0.1) is 18.2 Å². The number of hydrogen-bond donors (Lipinski definition) is 3. The maximum atomic E-state index is 11.7. The third kappa shape index (κ3) is 3.80. The number of rotatable bonds is 5. The van der Waals surface area contributed by atoms with Crippen LogP contribution in [0.25, 0.3) is 10.9 Å². The van der Waals surface area contributed by atoms with Crippen LogP contribution >= 0.6 is 0 Å². The highest BCUT2D eigenvalue weighted by Crippen LogP contribution is 2.34. The number of urea groups is 1. The Balaban J connectivity index is 1.98. The number of benzene rings is 2. The first-order chi connectivity index (χ1) is 13.4. The van der Waals surface area contributed by atoms with Crippen molar-refractivity contribution < 1.29 is 19.1 Å². The molecule has 3 aromatic rings. The summed E-state index contributed by atoms with van der Waals surface area (Å²) in [5.74, 6) is 0.838. The zero-order chi connectivity index (χ0) is 20.3. The van der Waals surface area contributed by atoms with Gasteiger partial charge in [-0.25, -0.2) is 4.79 Å². The second-order valence-corrected chi connectivity index (χ2v) is 6.03. The number of fused-ring (bicyclic) bond motifs is 1. The minimum atomic E-state index is -0.603. The van der Waals surface area contributed by atoms with Crippen molar-refractivity contribution >= 4 is 28.5 Å². The third-order valence-electron chi connectivity index (χ3n) is 4.19. The van der Waals surface area contributed by atoms with Crippen molar-refractivity contribution in [2.24, 2.45) is 5.73 Å². The van der Waals surface area contributed by atoms with Crippen molar-refractivity contribution in [2.75, 3.05) is 19.5 Å². The molecule has 8 nitrogen and oxygen atoms in total. The summed E-state index contributed by atoms with van der Waals surface area (Å²) in [6.07, 6.45) is 1.61. The number of anilines is 1. The lowest BCUT2D eigenvalue weighted by molar-refractivity contribution is 0.0997. The van der Waals surface area contributed by atoms with Gasteiger partial charge in [-0.2, -0.15) is 0 Å². The summed E-state index contributed by atoms with van der Waals surface area (Å²) in [7, 11) is 3.01. The molecule has 0 aliphatic carbocycles. The molecule has 3 amide bonds. The molecule has 1 heterocycles. The molecule has 0 saturated heterocycles. The molecule has 2 aromatic carbocycles. The molecule has 0 atom stereocenters.